The van der Waals surface area contributed by atoms with Gasteiger partial charge in [-0.1, -0.05) is 48.5 Å². The zero-order valence-electron chi connectivity index (χ0n) is 19.7. The number of rotatable bonds is 8. The zero-order valence-corrected chi connectivity index (χ0v) is 21.3. The maximum absolute atomic E-state index is 12.6. The van der Waals surface area contributed by atoms with E-state index in [0.717, 1.165) is 42.9 Å². The Hall–Kier alpha value is -2.65. The Bertz CT molecular complexity index is 1060. The number of nitrogens with zero attached hydrogens (tertiary/aromatic N) is 1. The normalized spacial score (nSPS) is 14.7. The van der Waals surface area contributed by atoms with E-state index in [1.165, 1.54) is 12.1 Å². The fourth-order valence-corrected chi connectivity index (χ4v) is 4.12. The molecule has 1 atom stereocenters. The van der Waals surface area contributed by atoms with Gasteiger partial charge in [-0.25, -0.2) is 0 Å². The van der Waals surface area contributed by atoms with Crippen molar-refractivity contribution in [2.24, 2.45) is 0 Å². The van der Waals surface area contributed by atoms with Gasteiger partial charge < -0.3 is 19.5 Å². The van der Waals surface area contributed by atoms with Gasteiger partial charge in [-0.3, -0.25) is 4.90 Å². The fraction of sp³-hybridized carbons (Fsp3) is 0.308. The number of hydrogen-bond acceptors (Lipinski definition) is 5. The van der Waals surface area contributed by atoms with E-state index in [0.29, 0.717) is 18.1 Å². The number of piperazine rings is 1. The fourth-order valence-electron chi connectivity index (χ4n) is 4.12. The molecule has 0 saturated carbocycles. The van der Waals surface area contributed by atoms with Crippen molar-refractivity contribution in [3.8, 4) is 17.2 Å². The van der Waals surface area contributed by atoms with Gasteiger partial charge in [0.25, 0.3) is 0 Å². The predicted molar refractivity (Wildman–Crippen MR) is 138 cm³/mol. The Balaban J connectivity index is 0.00000228. The van der Waals surface area contributed by atoms with Crippen molar-refractivity contribution >= 4 is 24.8 Å². The molecule has 0 radical (unpaired) electrons. The summed E-state index contributed by atoms with van der Waals surface area (Å²) in [6.45, 7) is 3.66. The number of nitrogens with one attached hydrogen (secondary N) is 1. The van der Waals surface area contributed by atoms with E-state index in [1.54, 1.807) is 19.2 Å². The number of alkyl halides is 3. The van der Waals surface area contributed by atoms with Crippen LogP contribution < -0.4 is 19.5 Å². The Labute approximate surface area is 221 Å². The summed E-state index contributed by atoms with van der Waals surface area (Å²) >= 11 is 0. The van der Waals surface area contributed by atoms with Crippen molar-refractivity contribution < 1.29 is 27.4 Å². The van der Waals surface area contributed by atoms with Gasteiger partial charge in [-0.15, -0.1) is 38.0 Å². The van der Waals surface area contributed by atoms with Gasteiger partial charge in [-0.05, 0) is 41.0 Å². The summed E-state index contributed by atoms with van der Waals surface area (Å²) in [6.07, 6.45) is -4.72. The first kappa shape index (κ1) is 29.6. The summed E-state index contributed by atoms with van der Waals surface area (Å²) in [5.41, 5.74) is 2.87. The van der Waals surface area contributed by atoms with Crippen LogP contribution in [0.5, 0.6) is 17.2 Å². The molecule has 0 spiro atoms. The lowest BCUT2D eigenvalue weighted by molar-refractivity contribution is -0.274. The minimum Gasteiger partial charge on any atom is -0.493 e. The standard InChI is InChI=1S/C26H27F3N2O3.2ClH/c1-32-23-12-9-21(17-24(23)33-18-19-5-3-2-4-6-19)25(31-15-13-30-14-16-31)20-7-10-22(11-8-20)34-26(27,28)29;;/h2-12,17,25,30H,13-16,18H2,1H3;2*1H/t25-;;/m1../s1. The van der Waals surface area contributed by atoms with Crippen LogP contribution in [0, 0.1) is 0 Å². The average molecular weight is 545 g/mol. The van der Waals surface area contributed by atoms with E-state index < -0.39 is 6.36 Å². The molecule has 0 aromatic heterocycles. The van der Waals surface area contributed by atoms with Gasteiger partial charge in [0.1, 0.15) is 12.4 Å². The molecule has 36 heavy (non-hydrogen) atoms. The lowest BCUT2D eigenvalue weighted by atomic mass is 9.96. The van der Waals surface area contributed by atoms with E-state index in [4.69, 9.17) is 9.47 Å². The number of halogens is 5. The summed E-state index contributed by atoms with van der Waals surface area (Å²) in [7, 11) is 1.59. The highest BCUT2D eigenvalue weighted by Gasteiger charge is 2.31. The molecule has 3 aromatic rings. The molecule has 5 nitrogen and oxygen atoms in total. The second-order valence-corrected chi connectivity index (χ2v) is 7.99. The van der Waals surface area contributed by atoms with Crippen molar-refractivity contribution in [2.45, 2.75) is 19.0 Å². The molecule has 1 heterocycles. The first-order valence-electron chi connectivity index (χ1n) is 11.1. The number of ether oxygens (including phenoxy) is 3. The molecule has 1 fully saturated rings. The van der Waals surface area contributed by atoms with E-state index in [9.17, 15) is 13.2 Å². The van der Waals surface area contributed by atoms with Crippen LogP contribution in [0.25, 0.3) is 0 Å². The monoisotopic (exact) mass is 544 g/mol. The molecule has 1 aliphatic rings. The summed E-state index contributed by atoms with van der Waals surface area (Å²) in [5, 5.41) is 3.34. The van der Waals surface area contributed by atoms with Crippen LogP contribution in [0.3, 0.4) is 0 Å². The molecule has 4 rings (SSSR count). The van der Waals surface area contributed by atoms with Gasteiger partial charge in [0.15, 0.2) is 11.5 Å². The lowest BCUT2D eigenvalue weighted by Crippen LogP contribution is -2.45. The van der Waals surface area contributed by atoms with Gasteiger partial charge in [0.2, 0.25) is 0 Å². The highest BCUT2D eigenvalue weighted by Crippen LogP contribution is 2.37. The van der Waals surface area contributed by atoms with Gasteiger partial charge >= 0.3 is 6.36 Å². The van der Waals surface area contributed by atoms with Crippen molar-refractivity contribution in [1.82, 2.24) is 10.2 Å². The van der Waals surface area contributed by atoms with Crippen LogP contribution in [-0.2, 0) is 6.61 Å². The topological polar surface area (TPSA) is 43.0 Å². The van der Waals surface area contributed by atoms with Crippen molar-refractivity contribution in [2.75, 3.05) is 33.3 Å². The Morgan fingerprint density at radius 1 is 0.861 bits per heavy atom. The molecule has 0 bridgehead atoms. The summed E-state index contributed by atoms with van der Waals surface area (Å²) in [4.78, 5) is 2.30. The smallest absolute Gasteiger partial charge is 0.493 e. The Morgan fingerprint density at radius 2 is 1.50 bits per heavy atom. The second kappa shape index (κ2) is 13.6. The third-order valence-corrected chi connectivity index (χ3v) is 5.69. The molecule has 196 valence electrons. The highest BCUT2D eigenvalue weighted by molar-refractivity contribution is 5.85. The van der Waals surface area contributed by atoms with E-state index in [1.807, 2.05) is 48.5 Å². The molecule has 1 saturated heterocycles. The summed E-state index contributed by atoms with van der Waals surface area (Å²) in [5.74, 6) is 0.991. The summed E-state index contributed by atoms with van der Waals surface area (Å²) < 4.78 is 53.5. The first-order valence-corrected chi connectivity index (χ1v) is 11.1. The van der Waals surface area contributed by atoms with Crippen molar-refractivity contribution in [1.29, 1.82) is 0 Å². The molecule has 0 unspecified atom stereocenters. The zero-order chi connectivity index (χ0) is 24.0. The predicted octanol–water partition coefficient (Wildman–Crippen LogP) is 6.01. The van der Waals surface area contributed by atoms with Gasteiger partial charge in [0, 0.05) is 26.2 Å². The van der Waals surface area contributed by atoms with E-state index in [-0.39, 0.29) is 36.6 Å². The largest absolute Gasteiger partial charge is 0.573 e. The quantitative estimate of drug-likeness (QED) is 0.376. The van der Waals surface area contributed by atoms with Crippen LogP contribution in [0.4, 0.5) is 13.2 Å². The number of benzene rings is 3. The summed E-state index contributed by atoms with van der Waals surface area (Å²) in [6, 6.07) is 21.6. The molecule has 3 aromatic carbocycles. The molecule has 0 aliphatic carbocycles. The third kappa shape index (κ3) is 7.93. The third-order valence-electron chi connectivity index (χ3n) is 5.69. The molecular weight excluding hydrogens is 516 g/mol. The van der Waals surface area contributed by atoms with Crippen LogP contribution in [0.2, 0.25) is 0 Å². The van der Waals surface area contributed by atoms with Crippen LogP contribution in [0.1, 0.15) is 22.7 Å². The minimum atomic E-state index is -4.72. The van der Waals surface area contributed by atoms with Crippen molar-refractivity contribution in [3.05, 3.63) is 89.5 Å². The molecule has 10 heteroatoms. The minimum absolute atomic E-state index is 0. The molecule has 1 N–H and O–H groups in total. The Kier molecular flexibility index (Phi) is 11.2. The van der Waals surface area contributed by atoms with Crippen LogP contribution in [-0.4, -0.2) is 44.6 Å². The van der Waals surface area contributed by atoms with Crippen LogP contribution >= 0.6 is 24.8 Å². The molecule has 0 amide bonds. The van der Waals surface area contributed by atoms with Gasteiger partial charge in [0.05, 0.1) is 13.2 Å². The second-order valence-electron chi connectivity index (χ2n) is 7.99. The number of methoxy groups -OCH3 is 1. The lowest BCUT2D eigenvalue weighted by Gasteiger charge is -2.36. The highest BCUT2D eigenvalue weighted by atomic mass is 35.5. The first-order chi connectivity index (χ1) is 16.4. The maximum Gasteiger partial charge on any atom is 0.573 e. The molecular formula is C26H29Cl2F3N2O3. The van der Waals surface area contributed by atoms with Crippen LogP contribution in [0.15, 0.2) is 72.8 Å². The number of hydrogen-bond donors (Lipinski definition) is 1. The van der Waals surface area contributed by atoms with E-state index in [2.05, 4.69) is 15.0 Å². The average Bonchev–Trinajstić information content (AvgIpc) is 2.84. The SMILES string of the molecule is COc1ccc([C@@H](c2ccc(OC(F)(F)F)cc2)N2CCNCC2)cc1OCc1ccccc1.Cl.Cl. The Morgan fingerprint density at radius 3 is 2.11 bits per heavy atom. The molecule has 1 aliphatic heterocycles. The van der Waals surface area contributed by atoms with Gasteiger partial charge in [-0.2, -0.15) is 0 Å². The van der Waals surface area contributed by atoms with E-state index >= 15 is 0 Å². The van der Waals surface area contributed by atoms with Crippen molar-refractivity contribution in [3.63, 3.8) is 0 Å². The maximum atomic E-state index is 12.6.